The minimum Gasteiger partial charge on any atom is -0.458 e. The van der Waals surface area contributed by atoms with E-state index in [1.54, 1.807) is 32.9 Å². The molecule has 4 heteroatoms. The van der Waals surface area contributed by atoms with E-state index in [4.69, 9.17) is 4.74 Å². The minimum atomic E-state index is -0.812. The second-order valence-electron chi connectivity index (χ2n) is 6.11. The van der Waals surface area contributed by atoms with E-state index >= 15 is 0 Å². The Morgan fingerprint density at radius 2 is 1.71 bits per heavy atom. The summed E-state index contributed by atoms with van der Waals surface area (Å²) in [5, 5.41) is 2.70. The lowest BCUT2D eigenvalue weighted by atomic mass is 10.1. The fourth-order valence-corrected chi connectivity index (χ4v) is 1.73. The topological polar surface area (TPSA) is 55.4 Å². The van der Waals surface area contributed by atoms with Crippen LogP contribution in [0, 0.1) is 0 Å². The Morgan fingerprint density at radius 1 is 1.14 bits per heavy atom. The first kappa shape index (κ1) is 17.0. The third kappa shape index (κ3) is 6.25. The molecule has 1 aromatic rings. The van der Waals surface area contributed by atoms with E-state index in [9.17, 15) is 9.59 Å². The van der Waals surface area contributed by atoms with Crippen LogP contribution in [0.25, 0.3) is 0 Å². The van der Waals surface area contributed by atoms with E-state index in [1.165, 1.54) is 6.08 Å². The highest BCUT2D eigenvalue weighted by Crippen LogP contribution is 2.18. The fourth-order valence-electron chi connectivity index (χ4n) is 1.73. The number of esters is 1. The van der Waals surface area contributed by atoms with Crippen molar-refractivity contribution in [3.63, 3.8) is 0 Å². The molecule has 1 atom stereocenters. The smallest absolute Gasteiger partial charge is 0.333 e. The highest BCUT2D eigenvalue weighted by Gasteiger charge is 2.27. The van der Waals surface area contributed by atoms with Crippen molar-refractivity contribution < 1.29 is 14.3 Å². The Labute approximate surface area is 126 Å². The Kier molecular flexibility index (Phi) is 5.70. The van der Waals surface area contributed by atoms with Crippen LogP contribution < -0.4 is 5.32 Å². The highest BCUT2D eigenvalue weighted by molar-refractivity contribution is 5.92. The van der Waals surface area contributed by atoms with Gasteiger partial charge < -0.3 is 10.1 Å². The Balaban J connectivity index is 2.98. The molecule has 0 unspecified atom stereocenters. The molecule has 0 fully saturated rings. The highest BCUT2D eigenvalue weighted by atomic mass is 16.6. The number of amides is 1. The van der Waals surface area contributed by atoms with Crippen LogP contribution in [0.5, 0.6) is 0 Å². The number of nitrogens with one attached hydrogen (secondary N) is 1. The summed E-state index contributed by atoms with van der Waals surface area (Å²) in [7, 11) is 0. The molecule has 1 N–H and O–H groups in total. The SMILES string of the molecule is CC(C)=CC(=O)N[C@@H](C(=O)OC(C)(C)C)c1ccccc1. The quantitative estimate of drug-likeness (QED) is 0.684. The number of ether oxygens (including phenoxy) is 1. The zero-order valence-corrected chi connectivity index (χ0v) is 13.3. The van der Waals surface area contributed by atoms with E-state index in [2.05, 4.69) is 5.32 Å². The molecule has 1 rings (SSSR count). The summed E-state index contributed by atoms with van der Waals surface area (Å²) in [5.41, 5.74) is 0.955. The predicted molar refractivity (Wildman–Crippen MR) is 82.6 cm³/mol. The molecule has 0 aliphatic rings. The molecule has 0 aromatic heterocycles. The molecular weight excluding hydrogens is 266 g/mol. The van der Waals surface area contributed by atoms with Gasteiger partial charge >= 0.3 is 5.97 Å². The molecule has 0 aliphatic carbocycles. The molecule has 0 saturated carbocycles. The van der Waals surface area contributed by atoms with E-state index < -0.39 is 17.6 Å². The Hall–Kier alpha value is -2.10. The van der Waals surface area contributed by atoms with E-state index in [-0.39, 0.29) is 5.91 Å². The maximum absolute atomic E-state index is 12.3. The Morgan fingerprint density at radius 3 is 2.19 bits per heavy atom. The summed E-state index contributed by atoms with van der Waals surface area (Å²) < 4.78 is 5.39. The number of allylic oxidation sites excluding steroid dienone is 1. The molecule has 0 saturated heterocycles. The normalized spacial score (nSPS) is 12.2. The van der Waals surface area contributed by atoms with Crippen LogP contribution in [0.4, 0.5) is 0 Å². The molecule has 1 aromatic carbocycles. The molecule has 114 valence electrons. The summed E-state index contributed by atoms with van der Waals surface area (Å²) in [4.78, 5) is 24.2. The van der Waals surface area contributed by atoms with E-state index in [1.807, 2.05) is 32.0 Å². The summed E-state index contributed by atoms with van der Waals surface area (Å²) in [5.74, 6) is -0.779. The number of hydrogen-bond acceptors (Lipinski definition) is 3. The fraction of sp³-hybridized carbons (Fsp3) is 0.412. The van der Waals surface area contributed by atoms with Crippen LogP contribution in [0.2, 0.25) is 0 Å². The number of rotatable bonds is 4. The third-order valence-electron chi connectivity index (χ3n) is 2.48. The molecule has 0 radical (unpaired) electrons. The van der Waals surface area contributed by atoms with Gasteiger partial charge in [-0.25, -0.2) is 4.79 Å². The lowest BCUT2D eigenvalue weighted by molar-refractivity contribution is -0.158. The summed E-state index contributed by atoms with van der Waals surface area (Å²) in [6.45, 7) is 9.04. The summed E-state index contributed by atoms with van der Waals surface area (Å²) in [6, 6.07) is 8.26. The number of hydrogen-bond donors (Lipinski definition) is 1. The van der Waals surface area contributed by atoms with Crippen molar-refractivity contribution >= 4 is 11.9 Å². The molecule has 0 heterocycles. The van der Waals surface area contributed by atoms with Crippen LogP contribution >= 0.6 is 0 Å². The maximum atomic E-state index is 12.3. The number of carbonyl (C=O) groups is 2. The molecule has 21 heavy (non-hydrogen) atoms. The first-order valence-electron chi connectivity index (χ1n) is 6.92. The molecule has 0 spiro atoms. The first-order valence-corrected chi connectivity index (χ1v) is 6.92. The van der Waals surface area contributed by atoms with Gasteiger partial charge in [0.1, 0.15) is 5.60 Å². The molecule has 0 bridgehead atoms. The van der Waals surface area contributed by atoms with E-state index in [0.717, 1.165) is 5.57 Å². The van der Waals surface area contributed by atoms with Crippen molar-refractivity contribution in [2.24, 2.45) is 0 Å². The standard InChI is InChI=1S/C17H23NO3/c1-12(2)11-14(19)18-15(13-9-7-6-8-10-13)16(20)21-17(3,4)5/h6-11,15H,1-5H3,(H,18,19)/t15-/m1/s1. The van der Waals surface area contributed by atoms with Gasteiger partial charge in [-0.05, 0) is 40.2 Å². The monoisotopic (exact) mass is 289 g/mol. The Bertz CT molecular complexity index is 523. The second kappa shape index (κ2) is 7.07. The van der Waals surface area contributed by atoms with Crippen molar-refractivity contribution in [3.05, 3.63) is 47.5 Å². The van der Waals surface area contributed by atoms with Gasteiger partial charge in [0.15, 0.2) is 6.04 Å². The summed E-state index contributed by atoms with van der Waals surface area (Å²) >= 11 is 0. The average molecular weight is 289 g/mol. The van der Waals surface area contributed by atoms with Gasteiger partial charge in [-0.1, -0.05) is 35.9 Å². The van der Waals surface area contributed by atoms with Crippen LogP contribution in [0.3, 0.4) is 0 Å². The van der Waals surface area contributed by atoms with Gasteiger partial charge in [0, 0.05) is 6.08 Å². The van der Waals surface area contributed by atoms with Crippen LogP contribution in [-0.2, 0) is 14.3 Å². The van der Waals surface area contributed by atoms with Crippen molar-refractivity contribution in [1.29, 1.82) is 0 Å². The van der Waals surface area contributed by atoms with Crippen LogP contribution in [0.1, 0.15) is 46.2 Å². The maximum Gasteiger partial charge on any atom is 0.333 e. The van der Waals surface area contributed by atoms with E-state index in [0.29, 0.717) is 5.56 Å². The summed E-state index contributed by atoms with van der Waals surface area (Å²) in [6.07, 6.45) is 1.46. The van der Waals surface area contributed by atoms with Gasteiger partial charge in [0.2, 0.25) is 5.91 Å². The van der Waals surface area contributed by atoms with Gasteiger partial charge in [0.25, 0.3) is 0 Å². The molecule has 4 nitrogen and oxygen atoms in total. The second-order valence-corrected chi connectivity index (χ2v) is 6.11. The minimum absolute atomic E-state index is 0.310. The molecule has 1 amide bonds. The number of benzene rings is 1. The van der Waals surface area contributed by atoms with Crippen molar-refractivity contribution in [3.8, 4) is 0 Å². The van der Waals surface area contributed by atoms with Crippen molar-refractivity contribution in [1.82, 2.24) is 5.32 Å². The van der Waals surface area contributed by atoms with Crippen molar-refractivity contribution in [2.45, 2.75) is 46.3 Å². The number of carbonyl (C=O) groups excluding carboxylic acids is 2. The molecular formula is C17H23NO3. The van der Waals surface area contributed by atoms with Crippen LogP contribution in [-0.4, -0.2) is 17.5 Å². The third-order valence-corrected chi connectivity index (χ3v) is 2.48. The zero-order chi connectivity index (χ0) is 16.0. The largest absolute Gasteiger partial charge is 0.458 e. The van der Waals surface area contributed by atoms with Crippen molar-refractivity contribution in [2.75, 3.05) is 0 Å². The first-order chi connectivity index (χ1) is 9.69. The lowest BCUT2D eigenvalue weighted by Gasteiger charge is -2.24. The molecule has 0 aliphatic heterocycles. The zero-order valence-electron chi connectivity index (χ0n) is 13.3. The van der Waals surface area contributed by atoms with Crippen LogP contribution in [0.15, 0.2) is 42.0 Å². The van der Waals surface area contributed by atoms with Gasteiger partial charge in [-0.15, -0.1) is 0 Å². The predicted octanol–water partition coefficient (Wildman–Crippen LogP) is 3.15. The lowest BCUT2D eigenvalue weighted by Crippen LogP contribution is -2.37. The van der Waals surface area contributed by atoms with Gasteiger partial charge in [-0.2, -0.15) is 0 Å². The van der Waals surface area contributed by atoms with Gasteiger partial charge in [0.05, 0.1) is 0 Å². The van der Waals surface area contributed by atoms with Gasteiger partial charge in [-0.3, -0.25) is 4.79 Å². The average Bonchev–Trinajstić information content (AvgIpc) is 2.34.